The van der Waals surface area contributed by atoms with Crippen LogP contribution in [0.4, 0.5) is 0 Å². The van der Waals surface area contributed by atoms with Crippen LogP contribution in [0.25, 0.3) is 0 Å². The molecule has 0 aliphatic carbocycles. The van der Waals surface area contributed by atoms with Crippen molar-refractivity contribution in [1.82, 2.24) is 29.0 Å². The Kier molecular flexibility index (Phi) is 5.25. The molecule has 0 bridgehead atoms. The van der Waals surface area contributed by atoms with Crippen molar-refractivity contribution in [2.45, 2.75) is 59.2 Å². The van der Waals surface area contributed by atoms with Crippen LogP contribution in [-0.2, 0) is 44.3 Å². The summed E-state index contributed by atoms with van der Waals surface area (Å²) in [5.74, 6) is -0.189. The van der Waals surface area contributed by atoms with E-state index in [1.54, 1.807) is 16.5 Å². The molecule has 0 aromatic carbocycles. The van der Waals surface area contributed by atoms with Crippen molar-refractivity contribution < 1.29 is 14.7 Å². The van der Waals surface area contributed by atoms with Gasteiger partial charge in [-0.05, 0) is 18.8 Å². The highest BCUT2D eigenvalue weighted by Crippen LogP contribution is 2.27. The molecule has 1 N–H and O–H groups in total. The van der Waals surface area contributed by atoms with Gasteiger partial charge in [0.2, 0.25) is 5.91 Å². The number of carboxylic acid groups (broad SMARTS) is 1. The minimum atomic E-state index is -1.06. The Morgan fingerprint density at radius 3 is 2.70 bits per heavy atom. The van der Waals surface area contributed by atoms with Gasteiger partial charge in [-0.3, -0.25) is 14.0 Å². The Morgan fingerprint density at radius 1 is 1.23 bits per heavy atom. The number of carbonyl (C=O) groups is 2. The summed E-state index contributed by atoms with van der Waals surface area (Å²) in [4.78, 5) is 38.9. The summed E-state index contributed by atoms with van der Waals surface area (Å²) in [5, 5.41) is 18.2. The number of hydrogen-bond donors (Lipinski definition) is 1. The fraction of sp³-hybridized carbons (Fsp3) is 0.650. The number of aryl methyl sites for hydroxylation is 3. The highest BCUT2D eigenvalue weighted by atomic mass is 16.4. The molecule has 0 radical (unpaired) electrons. The maximum absolute atomic E-state index is 13.2. The van der Waals surface area contributed by atoms with Crippen LogP contribution in [0.2, 0.25) is 0 Å². The number of aromatic nitrogens is 5. The zero-order chi connectivity index (χ0) is 21.6. The van der Waals surface area contributed by atoms with Crippen LogP contribution >= 0.6 is 0 Å². The first-order valence-electron chi connectivity index (χ1n) is 10.5. The lowest BCUT2D eigenvalue weighted by Crippen LogP contribution is -2.44. The van der Waals surface area contributed by atoms with Crippen LogP contribution in [0.5, 0.6) is 0 Å². The molecule has 2 aromatic heterocycles. The van der Waals surface area contributed by atoms with Gasteiger partial charge < -0.3 is 10.0 Å². The smallest absolute Gasteiger partial charge is 0.356 e. The zero-order valence-corrected chi connectivity index (χ0v) is 17.7. The average molecular weight is 416 g/mol. The summed E-state index contributed by atoms with van der Waals surface area (Å²) >= 11 is 0. The van der Waals surface area contributed by atoms with E-state index in [2.05, 4.69) is 24.0 Å². The third-order valence-corrected chi connectivity index (χ3v) is 6.12. The quantitative estimate of drug-likeness (QED) is 0.766. The first kappa shape index (κ1) is 20.4. The minimum absolute atomic E-state index is 0.0340. The molecular formula is C20H28N6O4. The summed E-state index contributed by atoms with van der Waals surface area (Å²) in [6.45, 7) is 6.03. The fourth-order valence-corrected chi connectivity index (χ4v) is 4.41. The lowest BCUT2D eigenvalue weighted by Gasteiger charge is -2.32. The van der Waals surface area contributed by atoms with Gasteiger partial charge in [-0.2, -0.15) is 10.2 Å². The number of nitrogens with zero attached hydrogens (tertiary/aromatic N) is 6. The van der Waals surface area contributed by atoms with E-state index < -0.39 is 5.97 Å². The van der Waals surface area contributed by atoms with Gasteiger partial charge in [-0.25, -0.2) is 14.3 Å². The van der Waals surface area contributed by atoms with Crippen molar-refractivity contribution in [3.8, 4) is 0 Å². The van der Waals surface area contributed by atoms with E-state index in [1.165, 1.54) is 4.68 Å². The Morgan fingerprint density at radius 2 is 2.00 bits per heavy atom. The molecule has 0 unspecified atom stereocenters. The lowest BCUT2D eigenvalue weighted by molar-refractivity contribution is -0.137. The molecule has 2 aliphatic heterocycles. The molecule has 4 rings (SSSR count). The molecule has 10 nitrogen and oxygen atoms in total. The number of rotatable bonds is 5. The maximum atomic E-state index is 13.2. The summed E-state index contributed by atoms with van der Waals surface area (Å²) in [7, 11) is 1.61. The molecule has 0 fully saturated rings. The lowest BCUT2D eigenvalue weighted by atomic mass is 9.96. The molecule has 2 aliphatic rings. The SMILES string of the molecule is CC(C)CCn1nc(C(=O)O)c2c1CCN(C(=O)[C@@H]1CCc3nn(C)c(=O)n3C1)C2. The molecule has 0 spiro atoms. The van der Waals surface area contributed by atoms with Gasteiger partial charge in [0, 0.05) is 57.3 Å². The summed E-state index contributed by atoms with van der Waals surface area (Å²) in [5.41, 5.74) is 1.40. The molecule has 1 atom stereocenters. The third-order valence-electron chi connectivity index (χ3n) is 6.12. The second-order valence-corrected chi connectivity index (χ2v) is 8.66. The van der Waals surface area contributed by atoms with Gasteiger partial charge in [0.1, 0.15) is 5.82 Å². The van der Waals surface area contributed by atoms with E-state index in [9.17, 15) is 19.5 Å². The van der Waals surface area contributed by atoms with Crippen LogP contribution in [0.15, 0.2) is 4.79 Å². The third kappa shape index (κ3) is 3.54. The van der Waals surface area contributed by atoms with E-state index in [4.69, 9.17) is 0 Å². The van der Waals surface area contributed by atoms with E-state index in [0.717, 1.165) is 12.1 Å². The molecule has 0 saturated carbocycles. The molecular weight excluding hydrogens is 388 g/mol. The van der Waals surface area contributed by atoms with Crippen molar-refractivity contribution in [3.63, 3.8) is 0 Å². The maximum Gasteiger partial charge on any atom is 0.356 e. The number of aromatic carboxylic acids is 1. The van der Waals surface area contributed by atoms with Crippen molar-refractivity contribution >= 4 is 11.9 Å². The summed E-state index contributed by atoms with van der Waals surface area (Å²) < 4.78 is 4.69. The molecule has 1 amide bonds. The number of hydrogen-bond acceptors (Lipinski definition) is 5. The van der Waals surface area contributed by atoms with E-state index in [-0.39, 0.29) is 29.8 Å². The predicted molar refractivity (Wildman–Crippen MR) is 107 cm³/mol. The Balaban J connectivity index is 1.54. The van der Waals surface area contributed by atoms with Crippen LogP contribution in [0.1, 0.15) is 54.3 Å². The van der Waals surface area contributed by atoms with Gasteiger partial charge in [-0.1, -0.05) is 13.8 Å². The minimum Gasteiger partial charge on any atom is -0.476 e. The van der Waals surface area contributed by atoms with Gasteiger partial charge in [-0.15, -0.1) is 0 Å². The van der Waals surface area contributed by atoms with Crippen molar-refractivity contribution in [1.29, 1.82) is 0 Å². The normalized spacial score (nSPS) is 18.4. The molecule has 4 heterocycles. The fourth-order valence-electron chi connectivity index (χ4n) is 4.41. The predicted octanol–water partition coefficient (Wildman–Crippen LogP) is 0.670. The summed E-state index contributed by atoms with van der Waals surface area (Å²) in [6, 6.07) is 0. The van der Waals surface area contributed by atoms with Gasteiger partial charge in [0.25, 0.3) is 0 Å². The molecule has 30 heavy (non-hydrogen) atoms. The Labute approximate surface area is 174 Å². The molecule has 0 saturated heterocycles. The Hall–Kier alpha value is -2.91. The summed E-state index contributed by atoms with van der Waals surface area (Å²) in [6.07, 6.45) is 2.72. The second kappa shape index (κ2) is 7.73. The highest BCUT2D eigenvalue weighted by molar-refractivity contribution is 5.88. The van der Waals surface area contributed by atoms with E-state index in [0.29, 0.717) is 56.2 Å². The van der Waals surface area contributed by atoms with Gasteiger partial charge >= 0.3 is 11.7 Å². The van der Waals surface area contributed by atoms with E-state index >= 15 is 0 Å². The average Bonchev–Trinajstić information content (AvgIpc) is 3.22. The first-order valence-corrected chi connectivity index (χ1v) is 10.5. The number of carbonyl (C=O) groups excluding carboxylic acids is 1. The van der Waals surface area contributed by atoms with Gasteiger partial charge in [0.15, 0.2) is 5.69 Å². The van der Waals surface area contributed by atoms with Crippen LogP contribution in [0, 0.1) is 11.8 Å². The molecule has 10 heteroatoms. The number of carboxylic acids is 1. The topological polar surface area (TPSA) is 115 Å². The number of amides is 1. The van der Waals surface area contributed by atoms with E-state index in [1.807, 2.05) is 4.68 Å². The monoisotopic (exact) mass is 416 g/mol. The first-order chi connectivity index (χ1) is 14.3. The van der Waals surface area contributed by atoms with Crippen LogP contribution in [0.3, 0.4) is 0 Å². The number of fused-ring (bicyclic) bond motifs is 2. The van der Waals surface area contributed by atoms with Crippen molar-refractivity contribution in [2.75, 3.05) is 6.54 Å². The second-order valence-electron chi connectivity index (χ2n) is 8.66. The Bertz CT molecular complexity index is 1050. The zero-order valence-electron chi connectivity index (χ0n) is 17.7. The van der Waals surface area contributed by atoms with Crippen LogP contribution < -0.4 is 5.69 Å². The molecule has 2 aromatic rings. The van der Waals surface area contributed by atoms with Gasteiger partial charge in [0.05, 0.1) is 5.92 Å². The highest BCUT2D eigenvalue weighted by Gasteiger charge is 2.35. The van der Waals surface area contributed by atoms with Crippen molar-refractivity contribution in [3.05, 3.63) is 33.3 Å². The van der Waals surface area contributed by atoms with Crippen LogP contribution in [-0.4, -0.2) is 52.6 Å². The van der Waals surface area contributed by atoms with Crippen molar-refractivity contribution in [2.24, 2.45) is 18.9 Å². The largest absolute Gasteiger partial charge is 0.476 e. The standard InChI is InChI=1S/C20H28N6O4/c1-12(2)6-9-26-15-7-8-24(11-14(15)17(22-26)19(28)29)18(27)13-4-5-16-21-23(3)20(30)25(16)10-13/h12-13H,4-11H2,1-3H3,(H,28,29)/t13-/m1/s1. The molecule has 162 valence electrons.